The quantitative estimate of drug-likeness (QED) is 0.577. The van der Waals surface area contributed by atoms with Gasteiger partial charge in [-0.25, -0.2) is 12.7 Å². The Balaban J connectivity index is 2.01. The van der Waals surface area contributed by atoms with Crippen molar-refractivity contribution in [2.75, 3.05) is 28.2 Å². The molecule has 144 valence electrons. The molecule has 0 spiro atoms. The molecular formula is C16H24ClN5O2S2. The lowest BCUT2D eigenvalue weighted by molar-refractivity contribution is 0.462. The number of aliphatic imine (C=N–C) groups is 1. The van der Waals surface area contributed by atoms with E-state index < -0.39 is 10.0 Å². The largest absolute Gasteiger partial charge is 0.351 e. The normalized spacial score (nSPS) is 12.7. The lowest BCUT2D eigenvalue weighted by atomic mass is 10.4. The molecule has 0 atom stereocenters. The van der Waals surface area contributed by atoms with Crippen LogP contribution in [0.2, 0.25) is 5.02 Å². The number of hydrogen-bond acceptors (Lipinski definition) is 4. The van der Waals surface area contributed by atoms with Crippen molar-refractivity contribution in [3.8, 4) is 0 Å². The SMILES string of the molecule is CN=C(NCc1ccc(S(=O)(=O)N(C)C)s1)N(C)Cc1cc(Cl)cn1C. The molecular weight excluding hydrogens is 394 g/mol. The number of aryl methyl sites for hydroxylation is 1. The summed E-state index contributed by atoms with van der Waals surface area (Å²) in [6, 6.07) is 5.37. The summed E-state index contributed by atoms with van der Waals surface area (Å²) in [4.78, 5) is 7.19. The highest BCUT2D eigenvalue weighted by atomic mass is 35.5. The molecule has 0 fully saturated rings. The second-order valence-corrected chi connectivity index (χ2v) is 10.0. The number of aromatic nitrogens is 1. The van der Waals surface area contributed by atoms with Gasteiger partial charge in [-0.05, 0) is 18.2 Å². The molecule has 0 radical (unpaired) electrons. The van der Waals surface area contributed by atoms with E-state index in [9.17, 15) is 8.42 Å². The number of thiophene rings is 1. The molecule has 26 heavy (non-hydrogen) atoms. The van der Waals surface area contributed by atoms with Crippen LogP contribution in [0.15, 0.2) is 33.6 Å². The van der Waals surface area contributed by atoms with Crippen LogP contribution in [0, 0.1) is 0 Å². The van der Waals surface area contributed by atoms with Crippen LogP contribution in [0.4, 0.5) is 0 Å². The highest BCUT2D eigenvalue weighted by Gasteiger charge is 2.19. The van der Waals surface area contributed by atoms with Gasteiger partial charge < -0.3 is 14.8 Å². The summed E-state index contributed by atoms with van der Waals surface area (Å²) < 4.78 is 27.8. The van der Waals surface area contributed by atoms with Crippen LogP contribution in [0.1, 0.15) is 10.6 Å². The molecule has 0 bridgehead atoms. The maximum absolute atomic E-state index is 12.2. The Morgan fingerprint density at radius 3 is 2.58 bits per heavy atom. The minimum atomic E-state index is -3.39. The van der Waals surface area contributed by atoms with Gasteiger partial charge in [0.1, 0.15) is 4.21 Å². The molecule has 2 aromatic rings. The average molecular weight is 418 g/mol. The zero-order valence-electron chi connectivity index (χ0n) is 15.5. The number of nitrogens with one attached hydrogen (secondary N) is 1. The number of guanidine groups is 1. The lowest BCUT2D eigenvalue weighted by Gasteiger charge is -2.22. The molecule has 2 aromatic heterocycles. The Bertz CT molecular complexity index is 886. The molecule has 0 aliphatic rings. The van der Waals surface area contributed by atoms with Crippen molar-refractivity contribution >= 4 is 38.9 Å². The molecule has 0 saturated carbocycles. The van der Waals surface area contributed by atoms with Gasteiger partial charge in [0.25, 0.3) is 10.0 Å². The van der Waals surface area contributed by atoms with Gasteiger partial charge in [-0.15, -0.1) is 11.3 Å². The Morgan fingerprint density at radius 1 is 1.35 bits per heavy atom. The van der Waals surface area contributed by atoms with E-state index >= 15 is 0 Å². The van der Waals surface area contributed by atoms with Crippen molar-refractivity contribution in [1.29, 1.82) is 0 Å². The van der Waals surface area contributed by atoms with Crippen LogP contribution < -0.4 is 5.32 Å². The molecule has 0 saturated heterocycles. The van der Waals surface area contributed by atoms with Gasteiger partial charge in [0, 0.05) is 52.0 Å². The van der Waals surface area contributed by atoms with Gasteiger partial charge in [0.2, 0.25) is 0 Å². The van der Waals surface area contributed by atoms with Crippen LogP contribution in [-0.4, -0.2) is 56.3 Å². The van der Waals surface area contributed by atoms with Crippen LogP contribution in [-0.2, 0) is 30.2 Å². The van der Waals surface area contributed by atoms with Gasteiger partial charge >= 0.3 is 0 Å². The molecule has 0 aliphatic carbocycles. The van der Waals surface area contributed by atoms with Gasteiger partial charge in [-0.1, -0.05) is 11.6 Å². The van der Waals surface area contributed by atoms with Gasteiger partial charge in [-0.3, -0.25) is 4.99 Å². The van der Waals surface area contributed by atoms with Gasteiger partial charge in [0.05, 0.1) is 18.1 Å². The minimum absolute atomic E-state index is 0.334. The average Bonchev–Trinajstić information content (AvgIpc) is 3.15. The molecule has 0 aromatic carbocycles. The lowest BCUT2D eigenvalue weighted by Crippen LogP contribution is -2.38. The second kappa shape index (κ2) is 8.43. The van der Waals surface area contributed by atoms with Crippen molar-refractivity contribution in [2.45, 2.75) is 17.3 Å². The molecule has 2 heterocycles. The van der Waals surface area contributed by atoms with Crippen LogP contribution >= 0.6 is 22.9 Å². The number of hydrogen-bond donors (Lipinski definition) is 1. The van der Waals surface area contributed by atoms with E-state index in [0.717, 1.165) is 10.6 Å². The van der Waals surface area contributed by atoms with Crippen molar-refractivity contribution in [3.05, 3.63) is 40.0 Å². The standard InChI is InChI=1S/C16H24ClN5O2S2/c1-18-16(22(5)11-13-8-12(17)10-21(13)4)19-9-14-6-7-15(25-14)26(23,24)20(2)3/h6-8,10H,9,11H2,1-5H3,(H,18,19). The first-order valence-electron chi connectivity index (χ1n) is 7.89. The summed E-state index contributed by atoms with van der Waals surface area (Å²) in [5.74, 6) is 0.715. The maximum atomic E-state index is 12.2. The first-order valence-corrected chi connectivity index (χ1v) is 10.5. The smallest absolute Gasteiger partial charge is 0.252 e. The van der Waals surface area contributed by atoms with Crippen molar-refractivity contribution in [2.24, 2.45) is 12.0 Å². The van der Waals surface area contributed by atoms with Crippen LogP contribution in [0.5, 0.6) is 0 Å². The topological polar surface area (TPSA) is 69.9 Å². The zero-order chi connectivity index (χ0) is 19.5. The van der Waals surface area contributed by atoms with E-state index in [0.29, 0.717) is 28.3 Å². The van der Waals surface area contributed by atoms with Crippen molar-refractivity contribution < 1.29 is 8.42 Å². The monoisotopic (exact) mass is 417 g/mol. The molecule has 0 amide bonds. The third kappa shape index (κ3) is 4.79. The third-order valence-electron chi connectivity index (χ3n) is 3.84. The summed E-state index contributed by atoms with van der Waals surface area (Å²) in [7, 11) is 5.26. The number of sulfonamides is 1. The maximum Gasteiger partial charge on any atom is 0.252 e. The van der Waals surface area contributed by atoms with E-state index in [1.54, 1.807) is 13.1 Å². The fourth-order valence-electron chi connectivity index (χ4n) is 2.36. The zero-order valence-corrected chi connectivity index (χ0v) is 17.9. The fraction of sp³-hybridized carbons (Fsp3) is 0.438. The number of rotatable bonds is 6. The molecule has 10 heteroatoms. The number of halogens is 1. The van der Waals surface area contributed by atoms with E-state index in [4.69, 9.17) is 11.6 Å². The second-order valence-electron chi connectivity index (χ2n) is 6.03. The molecule has 2 rings (SSSR count). The van der Waals surface area contributed by atoms with Crippen molar-refractivity contribution in [3.63, 3.8) is 0 Å². The molecule has 1 N–H and O–H groups in total. The molecule has 0 aliphatic heterocycles. The predicted molar refractivity (Wildman–Crippen MR) is 107 cm³/mol. The first-order chi connectivity index (χ1) is 12.1. The summed E-state index contributed by atoms with van der Waals surface area (Å²) in [6.07, 6.45) is 1.86. The van der Waals surface area contributed by atoms with E-state index in [2.05, 4.69) is 10.3 Å². The van der Waals surface area contributed by atoms with E-state index in [-0.39, 0.29) is 0 Å². The van der Waals surface area contributed by atoms with Crippen molar-refractivity contribution in [1.82, 2.24) is 19.1 Å². The molecule has 7 nitrogen and oxygen atoms in total. The Hall–Kier alpha value is -1.55. The van der Waals surface area contributed by atoms with Gasteiger partial charge in [-0.2, -0.15) is 0 Å². The highest BCUT2D eigenvalue weighted by Crippen LogP contribution is 2.23. The number of nitrogens with zero attached hydrogens (tertiary/aromatic N) is 4. The third-order valence-corrected chi connectivity index (χ3v) is 7.41. The Kier molecular flexibility index (Phi) is 6.73. The van der Waals surface area contributed by atoms with E-state index in [1.165, 1.54) is 29.7 Å². The Labute approximate surface area is 163 Å². The first kappa shape index (κ1) is 20.8. The van der Waals surface area contributed by atoms with Crippen LogP contribution in [0.3, 0.4) is 0 Å². The summed E-state index contributed by atoms with van der Waals surface area (Å²) in [5.41, 5.74) is 1.07. The van der Waals surface area contributed by atoms with Crippen LogP contribution in [0.25, 0.3) is 0 Å². The van der Waals surface area contributed by atoms with Gasteiger partial charge in [0.15, 0.2) is 5.96 Å². The fourth-order valence-corrected chi connectivity index (χ4v) is 5.10. The minimum Gasteiger partial charge on any atom is -0.351 e. The summed E-state index contributed by atoms with van der Waals surface area (Å²) in [6.45, 7) is 1.14. The summed E-state index contributed by atoms with van der Waals surface area (Å²) in [5, 5.41) is 3.96. The summed E-state index contributed by atoms with van der Waals surface area (Å²) >= 11 is 7.28. The Morgan fingerprint density at radius 2 is 2.04 bits per heavy atom. The van der Waals surface area contributed by atoms with E-state index in [1.807, 2.05) is 41.9 Å². The molecule has 0 unspecified atom stereocenters. The predicted octanol–water partition coefficient (Wildman–Crippen LogP) is 2.20. The highest BCUT2D eigenvalue weighted by molar-refractivity contribution is 7.91.